The molecule has 3 atom stereocenters. The summed E-state index contributed by atoms with van der Waals surface area (Å²) in [4.78, 5) is 0.0110. The van der Waals surface area contributed by atoms with Crippen molar-refractivity contribution in [2.75, 3.05) is 13.1 Å². The van der Waals surface area contributed by atoms with Gasteiger partial charge in [-0.25, -0.2) is 8.42 Å². The number of rotatable bonds is 2. The van der Waals surface area contributed by atoms with E-state index in [4.69, 9.17) is 11.6 Å². The number of fused-ring (bicyclic) bond motifs is 1. The van der Waals surface area contributed by atoms with Gasteiger partial charge in [0.25, 0.3) is 0 Å². The van der Waals surface area contributed by atoms with Crippen molar-refractivity contribution in [3.8, 4) is 6.07 Å². The van der Waals surface area contributed by atoms with Gasteiger partial charge in [-0.2, -0.15) is 9.57 Å². The van der Waals surface area contributed by atoms with Gasteiger partial charge in [0.05, 0.1) is 5.56 Å². The summed E-state index contributed by atoms with van der Waals surface area (Å²) in [6, 6.07) is 6.22. The lowest BCUT2D eigenvalue weighted by Gasteiger charge is -2.27. The van der Waals surface area contributed by atoms with Crippen molar-refractivity contribution in [1.29, 1.82) is 5.26 Å². The maximum absolute atomic E-state index is 13.0. The van der Waals surface area contributed by atoms with Crippen LogP contribution in [0.15, 0.2) is 23.1 Å². The highest BCUT2D eigenvalue weighted by Gasteiger charge is 2.48. The summed E-state index contributed by atoms with van der Waals surface area (Å²) in [6.45, 7) is 3.44. The molecule has 21 heavy (non-hydrogen) atoms. The lowest BCUT2D eigenvalue weighted by molar-refractivity contribution is 0.335. The van der Waals surface area contributed by atoms with Crippen molar-refractivity contribution in [2.45, 2.75) is 30.3 Å². The monoisotopic (exact) mass is 325 g/mol. The molecule has 2 fully saturated rings. The highest BCUT2D eigenvalue weighted by atomic mass is 35.5. The van der Waals surface area contributed by atoms with Crippen molar-refractivity contribution in [3.63, 3.8) is 0 Å². The second-order valence-corrected chi connectivity index (χ2v) is 7.91. The largest absolute Gasteiger partial charge is 0.315 e. The van der Waals surface area contributed by atoms with E-state index in [0.29, 0.717) is 17.5 Å². The predicted molar refractivity (Wildman–Crippen MR) is 79.4 cm³/mol. The summed E-state index contributed by atoms with van der Waals surface area (Å²) in [5.74, 6) is 0.347. The summed E-state index contributed by atoms with van der Waals surface area (Å²) in [5.41, 5.74) is 0.140. The molecule has 112 valence electrons. The minimum atomic E-state index is -3.72. The first kappa shape index (κ1) is 14.8. The Balaban J connectivity index is 2.09. The number of halogens is 1. The molecule has 0 aromatic heterocycles. The maximum atomic E-state index is 13.0. The van der Waals surface area contributed by atoms with Gasteiger partial charge in [0.2, 0.25) is 10.0 Å². The minimum absolute atomic E-state index is 0.0110. The smallest absolute Gasteiger partial charge is 0.244 e. The lowest BCUT2D eigenvalue weighted by atomic mass is 10.0. The fraction of sp³-hybridized carbons (Fsp3) is 0.500. The van der Waals surface area contributed by atoms with E-state index in [1.807, 2.05) is 13.0 Å². The van der Waals surface area contributed by atoms with Crippen LogP contribution in [0.3, 0.4) is 0 Å². The van der Waals surface area contributed by atoms with Crippen LogP contribution >= 0.6 is 11.6 Å². The molecule has 0 aliphatic carbocycles. The van der Waals surface area contributed by atoms with E-state index < -0.39 is 10.0 Å². The number of sulfonamides is 1. The SMILES string of the molecule is CC1CC2CNCC2N1S(=O)(=O)c1cc(Cl)ccc1C#N. The fourth-order valence-corrected chi connectivity index (χ4v) is 5.75. The van der Waals surface area contributed by atoms with Gasteiger partial charge in [0, 0.05) is 23.7 Å². The molecule has 3 unspecified atom stereocenters. The molecular formula is C14H16ClN3O2S. The molecule has 1 aromatic carbocycles. The van der Waals surface area contributed by atoms with E-state index in [1.165, 1.54) is 18.2 Å². The molecule has 0 amide bonds. The summed E-state index contributed by atoms with van der Waals surface area (Å²) in [6.07, 6.45) is 0.847. The van der Waals surface area contributed by atoms with E-state index in [0.717, 1.165) is 13.0 Å². The molecule has 0 bridgehead atoms. The second kappa shape index (κ2) is 5.25. The van der Waals surface area contributed by atoms with Crippen molar-refractivity contribution in [3.05, 3.63) is 28.8 Å². The normalized spacial score (nSPS) is 29.3. The standard InChI is InChI=1S/C14H16ClN3O2S/c1-9-4-11-7-17-8-13(11)18(9)21(19,20)14-5-12(15)3-2-10(14)6-16/h2-3,5,9,11,13,17H,4,7-8H2,1H3. The molecule has 0 radical (unpaired) electrons. The maximum Gasteiger partial charge on any atom is 0.244 e. The molecule has 2 heterocycles. The zero-order valence-electron chi connectivity index (χ0n) is 11.6. The zero-order valence-corrected chi connectivity index (χ0v) is 13.2. The number of nitrogens with zero attached hydrogens (tertiary/aromatic N) is 2. The van der Waals surface area contributed by atoms with E-state index in [1.54, 1.807) is 4.31 Å². The van der Waals surface area contributed by atoms with Crippen molar-refractivity contribution < 1.29 is 8.42 Å². The van der Waals surface area contributed by atoms with Gasteiger partial charge in [-0.05, 0) is 44.0 Å². The third kappa shape index (κ3) is 2.34. The van der Waals surface area contributed by atoms with Crippen LogP contribution in [-0.4, -0.2) is 37.9 Å². The Labute approximate surface area is 129 Å². The lowest BCUT2D eigenvalue weighted by Crippen LogP contribution is -2.42. The van der Waals surface area contributed by atoms with Crippen LogP contribution in [0.5, 0.6) is 0 Å². The molecule has 1 N–H and O–H groups in total. The highest BCUT2D eigenvalue weighted by molar-refractivity contribution is 7.89. The molecular weight excluding hydrogens is 310 g/mol. The average Bonchev–Trinajstić information content (AvgIpc) is 2.97. The van der Waals surface area contributed by atoms with E-state index in [-0.39, 0.29) is 22.5 Å². The molecule has 5 nitrogen and oxygen atoms in total. The van der Waals surface area contributed by atoms with E-state index in [9.17, 15) is 13.7 Å². The molecule has 3 rings (SSSR count). The van der Waals surface area contributed by atoms with Crippen LogP contribution in [0.4, 0.5) is 0 Å². The molecule has 0 saturated carbocycles. The Bertz CT molecular complexity index is 713. The van der Waals surface area contributed by atoms with Crippen LogP contribution in [0.1, 0.15) is 18.9 Å². The Morgan fingerprint density at radius 3 is 2.90 bits per heavy atom. The number of benzene rings is 1. The fourth-order valence-electron chi connectivity index (χ4n) is 3.46. The van der Waals surface area contributed by atoms with Gasteiger partial charge in [0.1, 0.15) is 11.0 Å². The Morgan fingerprint density at radius 1 is 1.43 bits per heavy atom. The summed E-state index contributed by atoms with van der Waals surface area (Å²) in [5, 5.41) is 12.7. The van der Waals surface area contributed by atoms with Crippen molar-refractivity contribution in [1.82, 2.24) is 9.62 Å². The molecule has 2 saturated heterocycles. The van der Waals surface area contributed by atoms with Gasteiger partial charge < -0.3 is 5.32 Å². The van der Waals surface area contributed by atoms with Crippen LogP contribution in [-0.2, 0) is 10.0 Å². The van der Waals surface area contributed by atoms with Gasteiger partial charge >= 0.3 is 0 Å². The third-order valence-corrected chi connectivity index (χ3v) is 6.64. The molecule has 1 aromatic rings. The number of nitriles is 1. The van der Waals surface area contributed by atoms with Crippen LogP contribution < -0.4 is 5.32 Å². The number of nitrogens with one attached hydrogen (secondary N) is 1. The van der Waals surface area contributed by atoms with Gasteiger partial charge in [0.15, 0.2) is 0 Å². The van der Waals surface area contributed by atoms with Gasteiger partial charge in [-0.3, -0.25) is 0 Å². The average molecular weight is 326 g/mol. The Hall–Kier alpha value is -1.13. The van der Waals surface area contributed by atoms with Gasteiger partial charge in [-0.15, -0.1) is 0 Å². The van der Waals surface area contributed by atoms with Crippen LogP contribution in [0.2, 0.25) is 5.02 Å². The summed E-state index contributed by atoms with van der Waals surface area (Å²) in [7, 11) is -3.72. The quantitative estimate of drug-likeness (QED) is 0.896. The van der Waals surface area contributed by atoms with Gasteiger partial charge in [-0.1, -0.05) is 11.6 Å². The molecule has 2 aliphatic heterocycles. The summed E-state index contributed by atoms with van der Waals surface area (Å²) >= 11 is 5.93. The molecule has 2 aliphatic rings. The molecule has 0 spiro atoms. The Morgan fingerprint density at radius 2 is 2.19 bits per heavy atom. The third-order valence-electron chi connectivity index (χ3n) is 4.33. The van der Waals surface area contributed by atoms with Crippen molar-refractivity contribution >= 4 is 21.6 Å². The molecule has 7 heteroatoms. The van der Waals surface area contributed by atoms with E-state index in [2.05, 4.69) is 5.32 Å². The number of hydrogen-bond acceptors (Lipinski definition) is 4. The predicted octanol–water partition coefficient (Wildman–Crippen LogP) is 1.58. The summed E-state index contributed by atoms with van der Waals surface area (Å²) < 4.78 is 27.6. The minimum Gasteiger partial charge on any atom is -0.315 e. The highest BCUT2D eigenvalue weighted by Crippen LogP contribution is 2.37. The van der Waals surface area contributed by atoms with Crippen LogP contribution in [0.25, 0.3) is 0 Å². The topological polar surface area (TPSA) is 73.2 Å². The van der Waals surface area contributed by atoms with E-state index >= 15 is 0 Å². The second-order valence-electron chi connectivity index (χ2n) is 5.66. The van der Waals surface area contributed by atoms with Crippen LogP contribution in [0, 0.1) is 17.2 Å². The number of hydrogen-bond donors (Lipinski definition) is 1. The zero-order chi connectivity index (χ0) is 15.2. The van der Waals surface area contributed by atoms with Crippen molar-refractivity contribution in [2.24, 2.45) is 5.92 Å². The first-order chi connectivity index (χ1) is 9.95. The first-order valence-electron chi connectivity index (χ1n) is 6.89. The first-order valence-corrected chi connectivity index (χ1v) is 8.71. The Kier molecular flexibility index (Phi) is 3.70.